The van der Waals surface area contributed by atoms with Gasteiger partial charge in [-0.15, -0.1) is 0 Å². The molecule has 0 bridgehead atoms. The standard InChI is InChI=1S/C14H15IN2O4/c1-9(18)17(11-6-7-13(19)16-14(11)20)8-10-4-2-3-5-12(10)21-15/h2-5,11H,6-8H2,1H3,(H,16,19,20). The molecule has 1 unspecified atom stereocenters. The number of nitrogens with zero attached hydrogens (tertiary/aromatic N) is 1. The normalized spacial score (nSPS) is 18.1. The van der Waals surface area contributed by atoms with Crippen molar-refractivity contribution in [2.75, 3.05) is 0 Å². The van der Waals surface area contributed by atoms with Crippen molar-refractivity contribution in [3.63, 3.8) is 0 Å². The van der Waals surface area contributed by atoms with E-state index >= 15 is 0 Å². The van der Waals surface area contributed by atoms with Crippen LogP contribution in [-0.4, -0.2) is 28.7 Å². The lowest BCUT2D eigenvalue weighted by atomic mass is 10.0. The molecule has 6 nitrogen and oxygen atoms in total. The Balaban J connectivity index is 2.22. The Morgan fingerprint density at radius 2 is 2.14 bits per heavy atom. The smallest absolute Gasteiger partial charge is 0.249 e. The SMILES string of the molecule is CC(=O)N(Cc1ccccc1OI)C1CCC(=O)NC1=O. The van der Waals surface area contributed by atoms with E-state index in [9.17, 15) is 14.4 Å². The van der Waals surface area contributed by atoms with E-state index in [0.717, 1.165) is 5.56 Å². The maximum absolute atomic E-state index is 11.9. The van der Waals surface area contributed by atoms with E-state index in [-0.39, 0.29) is 24.8 Å². The number of piperidine rings is 1. The number of para-hydroxylation sites is 1. The molecule has 112 valence electrons. The summed E-state index contributed by atoms with van der Waals surface area (Å²) in [5.41, 5.74) is 0.812. The molecule has 0 radical (unpaired) electrons. The summed E-state index contributed by atoms with van der Waals surface area (Å²) >= 11 is 1.78. The zero-order valence-corrected chi connectivity index (χ0v) is 13.6. The molecule has 1 saturated heterocycles. The third-order valence-corrected chi connectivity index (χ3v) is 3.86. The molecule has 3 amide bonds. The van der Waals surface area contributed by atoms with Crippen molar-refractivity contribution in [2.24, 2.45) is 0 Å². The molecule has 0 spiro atoms. The highest BCUT2D eigenvalue weighted by molar-refractivity contribution is 14.1. The second-order valence-electron chi connectivity index (χ2n) is 4.80. The zero-order valence-electron chi connectivity index (χ0n) is 11.5. The molecule has 0 aliphatic carbocycles. The van der Waals surface area contributed by atoms with Crippen LogP contribution >= 0.6 is 23.0 Å². The largest absolute Gasteiger partial charge is 0.427 e. The number of halogens is 1. The van der Waals surface area contributed by atoms with Gasteiger partial charge in [0, 0.05) is 18.9 Å². The van der Waals surface area contributed by atoms with Crippen LogP contribution < -0.4 is 8.38 Å². The molecule has 1 aromatic carbocycles. The van der Waals surface area contributed by atoms with E-state index in [0.29, 0.717) is 12.2 Å². The van der Waals surface area contributed by atoms with Gasteiger partial charge in [-0.05, 0) is 12.5 Å². The number of carbonyl (C=O) groups is 3. The molecule has 0 saturated carbocycles. The van der Waals surface area contributed by atoms with Crippen molar-refractivity contribution in [2.45, 2.75) is 32.4 Å². The third-order valence-electron chi connectivity index (χ3n) is 3.39. The summed E-state index contributed by atoms with van der Waals surface area (Å²) in [5, 5.41) is 2.27. The van der Waals surface area contributed by atoms with Gasteiger partial charge in [0.1, 0.15) is 11.8 Å². The molecule has 0 aromatic heterocycles. The molecule has 1 aromatic rings. The van der Waals surface area contributed by atoms with Crippen LogP contribution in [0.5, 0.6) is 5.75 Å². The highest BCUT2D eigenvalue weighted by Crippen LogP contribution is 2.24. The lowest BCUT2D eigenvalue weighted by molar-refractivity contribution is -0.145. The van der Waals surface area contributed by atoms with Crippen LogP contribution in [0.15, 0.2) is 24.3 Å². The van der Waals surface area contributed by atoms with Crippen LogP contribution in [0, 0.1) is 0 Å². The Morgan fingerprint density at radius 3 is 2.76 bits per heavy atom. The summed E-state index contributed by atoms with van der Waals surface area (Å²) in [5.74, 6) is -0.283. The summed E-state index contributed by atoms with van der Waals surface area (Å²) in [4.78, 5) is 36.5. The Morgan fingerprint density at radius 1 is 1.43 bits per heavy atom. The van der Waals surface area contributed by atoms with E-state index in [1.807, 2.05) is 18.2 Å². The van der Waals surface area contributed by atoms with Crippen molar-refractivity contribution < 1.29 is 17.4 Å². The molecule has 1 aliphatic rings. The molecule has 1 N–H and O–H groups in total. The fraction of sp³-hybridized carbons (Fsp3) is 0.357. The first-order valence-corrected chi connectivity index (χ1v) is 7.38. The molecule has 1 atom stereocenters. The van der Waals surface area contributed by atoms with Crippen molar-refractivity contribution in [3.8, 4) is 5.75 Å². The van der Waals surface area contributed by atoms with Crippen molar-refractivity contribution in [1.82, 2.24) is 10.2 Å². The average molecular weight is 402 g/mol. The maximum atomic E-state index is 11.9. The van der Waals surface area contributed by atoms with Crippen molar-refractivity contribution in [3.05, 3.63) is 29.8 Å². The van der Waals surface area contributed by atoms with E-state index in [1.54, 1.807) is 29.1 Å². The van der Waals surface area contributed by atoms with Gasteiger partial charge in [0.05, 0.1) is 6.54 Å². The molecule has 1 fully saturated rings. The topological polar surface area (TPSA) is 75.7 Å². The predicted octanol–water partition coefficient (Wildman–Crippen LogP) is 1.57. The number of rotatable bonds is 4. The van der Waals surface area contributed by atoms with Gasteiger partial charge in [0.25, 0.3) is 0 Å². The van der Waals surface area contributed by atoms with Gasteiger partial charge in [0.2, 0.25) is 17.7 Å². The van der Waals surface area contributed by atoms with Gasteiger partial charge >= 0.3 is 0 Å². The predicted molar refractivity (Wildman–Crippen MR) is 83.5 cm³/mol. The van der Waals surface area contributed by atoms with Gasteiger partial charge in [-0.25, -0.2) is 0 Å². The van der Waals surface area contributed by atoms with Crippen LogP contribution in [0.25, 0.3) is 0 Å². The van der Waals surface area contributed by atoms with E-state index in [2.05, 4.69) is 5.32 Å². The van der Waals surface area contributed by atoms with Gasteiger partial charge in [-0.3, -0.25) is 19.7 Å². The minimum absolute atomic E-state index is 0.215. The Labute approximate surface area is 136 Å². The average Bonchev–Trinajstić information content (AvgIpc) is 2.45. The summed E-state index contributed by atoms with van der Waals surface area (Å²) < 4.78 is 5.23. The summed E-state index contributed by atoms with van der Waals surface area (Å²) in [7, 11) is 0. The van der Waals surface area contributed by atoms with Crippen LogP contribution in [0.2, 0.25) is 0 Å². The first-order valence-electron chi connectivity index (χ1n) is 6.50. The minimum Gasteiger partial charge on any atom is -0.427 e. The van der Waals surface area contributed by atoms with Crippen LogP contribution in [0.4, 0.5) is 0 Å². The fourth-order valence-corrected chi connectivity index (χ4v) is 2.74. The van der Waals surface area contributed by atoms with Crippen molar-refractivity contribution in [1.29, 1.82) is 0 Å². The van der Waals surface area contributed by atoms with Gasteiger partial charge < -0.3 is 7.97 Å². The fourth-order valence-electron chi connectivity index (χ4n) is 2.31. The monoisotopic (exact) mass is 402 g/mol. The highest BCUT2D eigenvalue weighted by atomic mass is 127. The summed E-state index contributed by atoms with van der Waals surface area (Å²) in [6, 6.07) is 6.70. The molecule has 1 aliphatic heterocycles. The van der Waals surface area contributed by atoms with Crippen molar-refractivity contribution >= 4 is 40.7 Å². The van der Waals surface area contributed by atoms with E-state index < -0.39 is 11.9 Å². The molecule has 2 rings (SSSR count). The number of amides is 3. The van der Waals surface area contributed by atoms with Gasteiger partial charge in [-0.1, -0.05) is 18.2 Å². The van der Waals surface area contributed by atoms with Gasteiger partial charge in [-0.2, -0.15) is 0 Å². The summed E-state index contributed by atoms with van der Waals surface area (Å²) in [6.45, 7) is 1.68. The van der Waals surface area contributed by atoms with Crippen LogP contribution in [-0.2, 0) is 20.9 Å². The van der Waals surface area contributed by atoms with E-state index in [4.69, 9.17) is 3.07 Å². The summed E-state index contributed by atoms with van der Waals surface area (Å²) in [6.07, 6.45) is 0.585. The first-order chi connectivity index (χ1) is 10.0. The second-order valence-corrected chi connectivity index (χ2v) is 5.24. The number of benzene rings is 1. The molecular weight excluding hydrogens is 387 g/mol. The number of hydrogen-bond donors (Lipinski definition) is 1. The lowest BCUT2D eigenvalue weighted by Crippen LogP contribution is -2.53. The number of nitrogens with one attached hydrogen (secondary N) is 1. The minimum atomic E-state index is -0.623. The first kappa shape index (κ1) is 15.7. The molecule has 1 heterocycles. The lowest BCUT2D eigenvalue weighted by Gasteiger charge is -2.32. The molecule has 21 heavy (non-hydrogen) atoms. The third kappa shape index (κ3) is 3.72. The quantitative estimate of drug-likeness (QED) is 0.613. The van der Waals surface area contributed by atoms with Crippen LogP contribution in [0.3, 0.4) is 0 Å². The second kappa shape index (κ2) is 6.88. The van der Waals surface area contributed by atoms with E-state index in [1.165, 1.54) is 11.8 Å². The Hall–Kier alpha value is -1.64. The number of carbonyl (C=O) groups excluding carboxylic acids is 3. The molecule has 7 heteroatoms. The Kier molecular flexibility index (Phi) is 5.16. The Bertz CT molecular complexity index is 576. The zero-order chi connectivity index (χ0) is 15.4. The highest BCUT2D eigenvalue weighted by Gasteiger charge is 2.33. The number of hydrogen-bond acceptors (Lipinski definition) is 4. The number of imide groups is 1. The molecular formula is C14H15IN2O4. The maximum Gasteiger partial charge on any atom is 0.249 e. The van der Waals surface area contributed by atoms with Gasteiger partial charge in [0.15, 0.2) is 23.0 Å². The van der Waals surface area contributed by atoms with Crippen LogP contribution in [0.1, 0.15) is 25.3 Å².